The van der Waals surface area contributed by atoms with Gasteiger partial charge in [-0.2, -0.15) is 4.31 Å². The molecule has 140 valence electrons. The van der Waals surface area contributed by atoms with Gasteiger partial charge in [0.05, 0.1) is 9.77 Å². The predicted octanol–water partition coefficient (Wildman–Crippen LogP) is 3.20. The van der Waals surface area contributed by atoms with Gasteiger partial charge in [-0.25, -0.2) is 8.42 Å². The molecule has 1 heterocycles. The Labute approximate surface area is 159 Å². The Bertz CT molecular complexity index is 861. The van der Waals surface area contributed by atoms with E-state index in [4.69, 9.17) is 0 Å². The van der Waals surface area contributed by atoms with Crippen LogP contribution in [0.1, 0.15) is 45.9 Å². The molecule has 0 spiro atoms. The molecule has 7 heteroatoms. The van der Waals surface area contributed by atoms with E-state index in [1.807, 2.05) is 19.9 Å². The number of thiophene rings is 1. The van der Waals surface area contributed by atoms with E-state index in [-0.39, 0.29) is 10.8 Å². The highest BCUT2D eigenvalue weighted by Gasteiger charge is 2.21. The molecule has 1 aromatic heterocycles. The van der Waals surface area contributed by atoms with Gasteiger partial charge < -0.3 is 5.32 Å². The molecule has 0 fully saturated rings. The van der Waals surface area contributed by atoms with Crippen molar-refractivity contribution >= 4 is 27.3 Å². The Morgan fingerprint density at radius 2 is 1.85 bits per heavy atom. The van der Waals surface area contributed by atoms with Crippen molar-refractivity contribution in [3.63, 3.8) is 0 Å². The summed E-state index contributed by atoms with van der Waals surface area (Å²) in [5, 5.41) is 2.92. The molecule has 1 aliphatic carbocycles. The molecule has 5 nitrogen and oxygen atoms in total. The number of nitrogens with one attached hydrogen (secondary N) is 1. The van der Waals surface area contributed by atoms with Crippen molar-refractivity contribution in [2.45, 2.75) is 44.6 Å². The third kappa shape index (κ3) is 3.84. The van der Waals surface area contributed by atoms with Crippen LogP contribution in [0.25, 0.3) is 0 Å². The smallest absolute Gasteiger partial charge is 0.261 e. The Morgan fingerprint density at radius 3 is 2.46 bits per heavy atom. The van der Waals surface area contributed by atoms with Gasteiger partial charge in [0.2, 0.25) is 10.0 Å². The summed E-state index contributed by atoms with van der Waals surface area (Å²) in [7, 11) is -3.44. The number of rotatable bonds is 7. The molecule has 0 radical (unpaired) electrons. The van der Waals surface area contributed by atoms with Gasteiger partial charge in [-0.15, -0.1) is 11.3 Å². The Morgan fingerprint density at radius 1 is 1.15 bits per heavy atom. The molecular formula is C19H24N2O3S2. The summed E-state index contributed by atoms with van der Waals surface area (Å²) >= 11 is 1.58. The number of benzene rings is 1. The second-order valence-corrected chi connectivity index (χ2v) is 9.40. The maximum atomic E-state index is 12.5. The summed E-state index contributed by atoms with van der Waals surface area (Å²) in [6.45, 7) is 4.92. The first-order chi connectivity index (χ1) is 12.5. The van der Waals surface area contributed by atoms with Crippen LogP contribution in [0.15, 0.2) is 35.2 Å². The predicted molar refractivity (Wildman–Crippen MR) is 104 cm³/mol. The van der Waals surface area contributed by atoms with Crippen molar-refractivity contribution in [1.29, 1.82) is 0 Å². The molecule has 2 aromatic rings. The van der Waals surface area contributed by atoms with Crippen LogP contribution in [-0.2, 0) is 29.4 Å². The molecule has 1 N–H and O–H groups in total. The van der Waals surface area contributed by atoms with Gasteiger partial charge in [0.15, 0.2) is 0 Å². The number of nitrogens with zero attached hydrogens (tertiary/aromatic N) is 1. The van der Waals surface area contributed by atoms with Crippen LogP contribution in [0.3, 0.4) is 0 Å². The summed E-state index contributed by atoms with van der Waals surface area (Å²) in [6, 6.07) is 8.72. The third-order valence-electron chi connectivity index (χ3n) is 4.69. The lowest BCUT2D eigenvalue weighted by Crippen LogP contribution is -2.30. The number of amides is 1. The van der Waals surface area contributed by atoms with Crippen molar-refractivity contribution in [2.75, 3.05) is 13.1 Å². The second-order valence-electron chi connectivity index (χ2n) is 6.33. The zero-order valence-corrected chi connectivity index (χ0v) is 16.8. The fourth-order valence-electron chi connectivity index (χ4n) is 3.20. The highest BCUT2D eigenvalue weighted by molar-refractivity contribution is 7.89. The number of hydrogen-bond donors (Lipinski definition) is 1. The number of carbonyl (C=O) groups is 1. The largest absolute Gasteiger partial charge is 0.347 e. The van der Waals surface area contributed by atoms with Crippen molar-refractivity contribution < 1.29 is 13.2 Å². The van der Waals surface area contributed by atoms with E-state index < -0.39 is 10.0 Å². The average Bonchev–Trinajstić information content (AvgIpc) is 3.23. The average molecular weight is 393 g/mol. The van der Waals surface area contributed by atoms with Gasteiger partial charge in [0.25, 0.3) is 5.91 Å². The van der Waals surface area contributed by atoms with E-state index in [0.29, 0.717) is 19.6 Å². The monoisotopic (exact) mass is 392 g/mol. The van der Waals surface area contributed by atoms with E-state index in [1.54, 1.807) is 35.6 Å². The fraction of sp³-hybridized carbons (Fsp3) is 0.421. The Hall–Kier alpha value is -1.70. The first-order valence-electron chi connectivity index (χ1n) is 8.94. The van der Waals surface area contributed by atoms with E-state index in [1.165, 1.54) is 21.2 Å². The normalized spacial score (nSPS) is 13.8. The van der Waals surface area contributed by atoms with Gasteiger partial charge >= 0.3 is 0 Å². The Balaban J connectivity index is 1.63. The quantitative estimate of drug-likeness (QED) is 0.787. The molecule has 1 amide bonds. The van der Waals surface area contributed by atoms with Crippen molar-refractivity contribution in [3.05, 3.63) is 51.2 Å². The molecular weight excluding hydrogens is 368 g/mol. The van der Waals surface area contributed by atoms with Crippen molar-refractivity contribution in [1.82, 2.24) is 9.62 Å². The molecule has 1 aromatic carbocycles. The number of hydrogen-bond acceptors (Lipinski definition) is 4. The van der Waals surface area contributed by atoms with Crippen LogP contribution in [0.4, 0.5) is 0 Å². The van der Waals surface area contributed by atoms with Crippen molar-refractivity contribution in [2.24, 2.45) is 0 Å². The van der Waals surface area contributed by atoms with E-state index in [9.17, 15) is 13.2 Å². The van der Waals surface area contributed by atoms with Crippen LogP contribution in [0.2, 0.25) is 0 Å². The number of fused-ring (bicyclic) bond motifs is 1. The summed E-state index contributed by atoms with van der Waals surface area (Å²) in [5.74, 6) is -0.0655. The van der Waals surface area contributed by atoms with Gasteiger partial charge in [0.1, 0.15) is 0 Å². The van der Waals surface area contributed by atoms with E-state index in [2.05, 4.69) is 5.32 Å². The second kappa shape index (κ2) is 7.90. The molecule has 0 aliphatic heterocycles. The topological polar surface area (TPSA) is 66.5 Å². The number of aryl methyl sites for hydroxylation is 2. The maximum absolute atomic E-state index is 12.5. The highest BCUT2D eigenvalue weighted by atomic mass is 32.2. The number of carbonyl (C=O) groups excluding carboxylic acids is 1. The fourth-order valence-corrected chi connectivity index (χ4v) is 5.83. The minimum atomic E-state index is -3.44. The van der Waals surface area contributed by atoms with Crippen LogP contribution >= 0.6 is 11.3 Å². The molecule has 26 heavy (non-hydrogen) atoms. The molecule has 0 saturated heterocycles. The summed E-state index contributed by atoms with van der Waals surface area (Å²) in [5.41, 5.74) is 2.19. The van der Waals surface area contributed by atoms with Crippen LogP contribution in [0, 0.1) is 0 Å². The molecule has 3 rings (SSSR count). The van der Waals surface area contributed by atoms with Crippen LogP contribution in [0.5, 0.6) is 0 Å². The molecule has 0 saturated carbocycles. The lowest BCUT2D eigenvalue weighted by atomic mass is 10.2. The van der Waals surface area contributed by atoms with Crippen LogP contribution in [-0.4, -0.2) is 31.7 Å². The van der Waals surface area contributed by atoms with Gasteiger partial charge in [-0.3, -0.25) is 4.79 Å². The Kier molecular flexibility index (Phi) is 5.79. The molecule has 0 atom stereocenters. The zero-order chi connectivity index (χ0) is 18.7. The minimum Gasteiger partial charge on any atom is -0.347 e. The van der Waals surface area contributed by atoms with E-state index >= 15 is 0 Å². The summed E-state index contributed by atoms with van der Waals surface area (Å²) in [4.78, 5) is 14.7. The lowest BCUT2D eigenvalue weighted by molar-refractivity contribution is 0.0955. The van der Waals surface area contributed by atoms with Crippen molar-refractivity contribution in [3.8, 4) is 0 Å². The molecule has 0 bridgehead atoms. The van der Waals surface area contributed by atoms with Gasteiger partial charge in [-0.05, 0) is 48.6 Å². The first-order valence-corrected chi connectivity index (χ1v) is 11.2. The summed E-state index contributed by atoms with van der Waals surface area (Å²) in [6.07, 6.45) is 3.34. The van der Waals surface area contributed by atoms with Crippen LogP contribution < -0.4 is 5.32 Å². The first kappa shape index (κ1) is 19.1. The maximum Gasteiger partial charge on any atom is 0.261 e. The lowest BCUT2D eigenvalue weighted by Gasteiger charge is -2.18. The van der Waals surface area contributed by atoms with Gasteiger partial charge in [0, 0.05) is 24.5 Å². The standard InChI is InChI=1S/C19H24N2O3S2/c1-3-21(4-2)26(23,24)16-10-8-14(9-11-16)13-20-19(22)18-12-15-6-5-7-17(15)25-18/h8-12H,3-7,13H2,1-2H3,(H,20,22). The zero-order valence-electron chi connectivity index (χ0n) is 15.1. The van der Waals surface area contributed by atoms with Gasteiger partial charge in [-0.1, -0.05) is 26.0 Å². The number of sulfonamides is 1. The minimum absolute atomic E-state index is 0.0655. The molecule has 0 unspecified atom stereocenters. The SMILES string of the molecule is CCN(CC)S(=O)(=O)c1ccc(CNC(=O)c2cc3c(s2)CCC3)cc1. The van der Waals surface area contributed by atoms with E-state index in [0.717, 1.165) is 23.3 Å². The third-order valence-corrected chi connectivity index (χ3v) is 7.99. The molecule has 1 aliphatic rings. The summed E-state index contributed by atoms with van der Waals surface area (Å²) < 4.78 is 26.4. The highest BCUT2D eigenvalue weighted by Crippen LogP contribution is 2.30.